The Kier molecular flexibility index (Phi) is 6.01. The molecule has 1 aromatic carbocycles. The molecule has 0 atom stereocenters. The molecule has 0 bridgehead atoms. The Labute approximate surface area is 105 Å². The van der Waals surface area contributed by atoms with Crippen molar-refractivity contribution in [3.05, 3.63) is 29.8 Å². The highest BCUT2D eigenvalue weighted by Crippen LogP contribution is 2.13. The SMILES string of the molecule is CC(C)CCOc1ccc(CNN(C)C)cc1. The fourth-order valence-corrected chi connectivity index (χ4v) is 1.37. The van der Waals surface area contributed by atoms with Crippen LogP contribution in [0.15, 0.2) is 24.3 Å². The maximum atomic E-state index is 5.67. The van der Waals surface area contributed by atoms with E-state index in [9.17, 15) is 0 Å². The van der Waals surface area contributed by atoms with Crippen molar-refractivity contribution in [2.75, 3.05) is 20.7 Å². The van der Waals surface area contributed by atoms with Crippen molar-refractivity contribution < 1.29 is 4.74 Å². The average molecular weight is 236 g/mol. The third-order valence-electron chi connectivity index (χ3n) is 2.49. The summed E-state index contributed by atoms with van der Waals surface area (Å²) < 4.78 is 5.67. The summed E-state index contributed by atoms with van der Waals surface area (Å²) in [5.74, 6) is 1.65. The highest BCUT2D eigenvalue weighted by atomic mass is 16.5. The zero-order valence-electron chi connectivity index (χ0n) is 11.4. The van der Waals surface area contributed by atoms with Gasteiger partial charge < -0.3 is 4.74 Å². The van der Waals surface area contributed by atoms with Crippen molar-refractivity contribution in [1.29, 1.82) is 0 Å². The molecule has 0 aromatic heterocycles. The van der Waals surface area contributed by atoms with Gasteiger partial charge >= 0.3 is 0 Å². The molecule has 0 unspecified atom stereocenters. The molecular weight excluding hydrogens is 212 g/mol. The lowest BCUT2D eigenvalue weighted by atomic mass is 10.1. The normalized spacial score (nSPS) is 11.2. The van der Waals surface area contributed by atoms with Gasteiger partial charge in [-0.3, -0.25) is 10.4 Å². The second-order valence-electron chi connectivity index (χ2n) is 4.90. The Morgan fingerprint density at radius 1 is 1.18 bits per heavy atom. The van der Waals surface area contributed by atoms with Gasteiger partial charge in [0.2, 0.25) is 0 Å². The van der Waals surface area contributed by atoms with Gasteiger partial charge in [0.1, 0.15) is 5.75 Å². The summed E-state index contributed by atoms with van der Waals surface area (Å²) in [5.41, 5.74) is 4.49. The quantitative estimate of drug-likeness (QED) is 0.737. The smallest absolute Gasteiger partial charge is 0.119 e. The highest BCUT2D eigenvalue weighted by Gasteiger charge is 1.98. The number of hydrazine groups is 1. The Morgan fingerprint density at radius 2 is 1.82 bits per heavy atom. The summed E-state index contributed by atoms with van der Waals surface area (Å²) in [7, 11) is 3.98. The van der Waals surface area contributed by atoms with E-state index in [-0.39, 0.29) is 0 Å². The lowest BCUT2D eigenvalue weighted by molar-refractivity contribution is 0.284. The number of hydrogen-bond acceptors (Lipinski definition) is 3. The van der Waals surface area contributed by atoms with E-state index >= 15 is 0 Å². The van der Waals surface area contributed by atoms with Crippen LogP contribution in [0.2, 0.25) is 0 Å². The third-order valence-corrected chi connectivity index (χ3v) is 2.49. The zero-order chi connectivity index (χ0) is 12.7. The van der Waals surface area contributed by atoms with Crippen LogP contribution in [-0.4, -0.2) is 25.7 Å². The first kappa shape index (κ1) is 14.0. The van der Waals surface area contributed by atoms with Gasteiger partial charge in [-0.05, 0) is 30.0 Å². The van der Waals surface area contributed by atoms with Crippen LogP contribution in [0.1, 0.15) is 25.8 Å². The van der Waals surface area contributed by atoms with E-state index in [2.05, 4.69) is 31.4 Å². The molecule has 0 aliphatic carbocycles. The van der Waals surface area contributed by atoms with E-state index in [4.69, 9.17) is 4.74 Å². The van der Waals surface area contributed by atoms with Crippen LogP contribution in [0.3, 0.4) is 0 Å². The van der Waals surface area contributed by atoms with Gasteiger partial charge in [-0.25, -0.2) is 0 Å². The fourth-order valence-electron chi connectivity index (χ4n) is 1.37. The molecule has 0 aliphatic heterocycles. The molecule has 1 N–H and O–H groups in total. The van der Waals surface area contributed by atoms with Gasteiger partial charge in [0.05, 0.1) is 6.61 Å². The number of ether oxygens (including phenoxy) is 1. The first-order valence-corrected chi connectivity index (χ1v) is 6.20. The molecule has 1 aromatic rings. The Balaban J connectivity index is 2.34. The number of rotatable bonds is 7. The maximum Gasteiger partial charge on any atom is 0.119 e. The Morgan fingerprint density at radius 3 is 2.35 bits per heavy atom. The van der Waals surface area contributed by atoms with Crippen LogP contribution in [0.25, 0.3) is 0 Å². The van der Waals surface area contributed by atoms with E-state index in [1.165, 1.54) is 5.56 Å². The minimum atomic E-state index is 0.693. The maximum absolute atomic E-state index is 5.67. The largest absolute Gasteiger partial charge is 0.494 e. The van der Waals surface area contributed by atoms with Crippen molar-refractivity contribution in [3.63, 3.8) is 0 Å². The fraction of sp³-hybridized carbons (Fsp3) is 0.571. The summed E-state index contributed by atoms with van der Waals surface area (Å²) >= 11 is 0. The molecular formula is C14H24N2O. The van der Waals surface area contributed by atoms with E-state index in [0.29, 0.717) is 5.92 Å². The Hall–Kier alpha value is -1.06. The zero-order valence-corrected chi connectivity index (χ0v) is 11.4. The number of nitrogens with zero attached hydrogens (tertiary/aromatic N) is 1. The van der Waals surface area contributed by atoms with E-state index in [1.54, 1.807) is 0 Å². The molecule has 0 spiro atoms. The standard InChI is InChI=1S/C14H24N2O/c1-12(2)9-10-17-14-7-5-13(6-8-14)11-15-16(3)4/h5-8,12,15H,9-11H2,1-4H3. The molecule has 0 amide bonds. The average Bonchev–Trinajstić information content (AvgIpc) is 2.27. The third kappa shape index (κ3) is 6.29. The minimum absolute atomic E-state index is 0.693. The van der Waals surface area contributed by atoms with Gasteiger partial charge in [0, 0.05) is 20.6 Å². The number of nitrogens with one attached hydrogen (secondary N) is 1. The Bertz CT molecular complexity index is 307. The van der Waals surface area contributed by atoms with Crippen molar-refractivity contribution in [2.45, 2.75) is 26.8 Å². The molecule has 0 saturated carbocycles. The molecule has 0 saturated heterocycles. The molecule has 96 valence electrons. The molecule has 17 heavy (non-hydrogen) atoms. The summed E-state index contributed by atoms with van der Waals surface area (Å²) in [6.45, 7) is 6.06. The van der Waals surface area contributed by atoms with Gasteiger partial charge in [-0.15, -0.1) is 0 Å². The number of benzene rings is 1. The van der Waals surface area contributed by atoms with E-state index < -0.39 is 0 Å². The molecule has 0 heterocycles. The summed E-state index contributed by atoms with van der Waals surface area (Å²) in [6, 6.07) is 8.27. The molecule has 0 radical (unpaired) electrons. The molecule has 3 nitrogen and oxygen atoms in total. The van der Waals surface area contributed by atoms with Gasteiger partial charge in [0.15, 0.2) is 0 Å². The topological polar surface area (TPSA) is 24.5 Å². The van der Waals surface area contributed by atoms with Crippen LogP contribution in [-0.2, 0) is 6.54 Å². The minimum Gasteiger partial charge on any atom is -0.494 e. The lowest BCUT2D eigenvalue weighted by Crippen LogP contribution is -2.29. The summed E-state index contributed by atoms with van der Waals surface area (Å²) in [4.78, 5) is 0. The van der Waals surface area contributed by atoms with Crippen molar-refractivity contribution in [2.24, 2.45) is 5.92 Å². The summed E-state index contributed by atoms with van der Waals surface area (Å²) in [6.07, 6.45) is 1.10. The predicted molar refractivity (Wildman–Crippen MR) is 71.9 cm³/mol. The van der Waals surface area contributed by atoms with Crippen LogP contribution in [0.5, 0.6) is 5.75 Å². The van der Waals surface area contributed by atoms with Gasteiger partial charge in [-0.2, -0.15) is 0 Å². The van der Waals surface area contributed by atoms with Crippen molar-refractivity contribution in [1.82, 2.24) is 10.4 Å². The highest BCUT2D eigenvalue weighted by molar-refractivity contribution is 5.27. The first-order chi connectivity index (χ1) is 8.08. The van der Waals surface area contributed by atoms with Crippen molar-refractivity contribution >= 4 is 0 Å². The van der Waals surface area contributed by atoms with E-state index in [0.717, 1.165) is 25.3 Å². The second kappa shape index (κ2) is 7.30. The lowest BCUT2D eigenvalue weighted by Gasteiger charge is -2.12. The number of hydrogen-bond donors (Lipinski definition) is 1. The summed E-state index contributed by atoms with van der Waals surface area (Å²) in [5, 5.41) is 1.95. The predicted octanol–water partition coefficient (Wildman–Crippen LogP) is 2.68. The molecule has 1 rings (SSSR count). The van der Waals surface area contributed by atoms with Crippen LogP contribution in [0.4, 0.5) is 0 Å². The molecule has 0 fully saturated rings. The van der Waals surface area contributed by atoms with Gasteiger partial charge in [0.25, 0.3) is 0 Å². The van der Waals surface area contributed by atoms with E-state index in [1.807, 2.05) is 31.2 Å². The molecule has 0 aliphatic rings. The van der Waals surface area contributed by atoms with Crippen molar-refractivity contribution in [3.8, 4) is 5.75 Å². The second-order valence-corrected chi connectivity index (χ2v) is 4.90. The first-order valence-electron chi connectivity index (χ1n) is 6.20. The van der Waals surface area contributed by atoms with Gasteiger partial charge in [-0.1, -0.05) is 26.0 Å². The molecule has 3 heteroatoms. The van der Waals surface area contributed by atoms with Crippen LogP contribution in [0, 0.1) is 5.92 Å². The van der Waals surface area contributed by atoms with Crippen LogP contribution < -0.4 is 10.2 Å². The van der Waals surface area contributed by atoms with Crippen LogP contribution >= 0.6 is 0 Å². The monoisotopic (exact) mass is 236 g/mol.